The number of hydrogen-bond acceptors (Lipinski definition) is 6. The highest BCUT2D eigenvalue weighted by Gasteiger charge is 2.27. The third-order valence-corrected chi connectivity index (χ3v) is 6.32. The third kappa shape index (κ3) is 4.57. The van der Waals surface area contributed by atoms with Gasteiger partial charge in [0.15, 0.2) is 5.16 Å². The molecule has 162 valence electrons. The molecule has 1 N–H and O–H groups in total. The number of nitrogens with zero attached hydrogens (tertiary/aromatic N) is 5. The Morgan fingerprint density at radius 3 is 2.69 bits per heavy atom. The second-order valence-corrected chi connectivity index (χ2v) is 8.75. The van der Waals surface area contributed by atoms with Crippen LogP contribution < -0.4 is 5.56 Å². The van der Waals surface area contributed by atoms with Crippen molar-refractivity contribution in [1.82, 2.24) is 29.6 Å². The van der Waals surface area contributed by atoms with Crippen molar-refractivity contribution in [2.45, 2.75) is 37.1 Å². The topological polar surface area (TPSA) is 96.8 Å². The van der Waals surface area contributed by atoms with Crippen LogP contribution in [0.5, 0.6) is 0 Å². The van der Waals surface area contributed by atoms with Crippen LogP contribution in [0.2, 0.25) is 0 Å². The molecule has 1 aliphatic rings. The number of hydrogen-bond donors (Lipinski definition) is 1. The largest absolute Gasteiger partial charge is 0.330 e. The van der Waals surface area contributed by atoms with Gasteiger partial charge in [0.1, 0.15) is 12.2 Å². The minimum atomic E-state index is -0.204. The Bertz CT molecular complexity index is 1300. The van der Waals surface area contributed by atoms with Crippen molar-refractivity contribution in [3.8, 4) is 0 Å². The molecule has 4 aromatic rings. The molecule has 1 aliphatic carbocycles. The van der Waals surface area contributed by atoms with Gasteiger partial charge in [-0.3, -0.25) is 9.59 Å². The van der Waals surface area contributed by atoms with Crippen LogP contribution in [0.15, 0.2) is 70.9 Å². The lowest BCUT2D eigenvalue weighted by Crippen LogP contribution is -2.33. The van der Waals surface area contributed by atoms with Crippen molar-refractivity contribution in [2.24, 2.45) is 0 Å². The van der Waals surface area contributed by atoms with Crippen LogP contribution in [0.4, 0.5) is 0 Å². The third-order valence-electron chi connectivity index (χ3n) is 5.38. The highest BCUT2D eigenvalue weighted by molar-refractivity contribution is 7.99. The second-order valence-electron chi connectivity index (χ2n) is 7.81. The lowest BCUT2D eigenvalue weighted by molar-refractivity contribution is -0.129. The number of carbonyl (C=O) groups excluding carboxylic acids is 1. The number of fused-ring (bicyclic) bond motifs is 1. The number of aromatic nitrogens is 5. The summed E-state index contributed by atoms with van der Waals surface area (Å²) in [6, 6.07) is 17.4. The van der Waals surface area contributed by atoms with Crippen molar-refractivity contribution in [3.05, 3.63) is 82.7 Å². The monoisotopic (exact) mass is 446 g/mol. The van der Waals surface area contributed by atoms with Crippen molar-refractivity contribution >= 4 is 28.6 Å². The highest BCUT2D eigenvalue weighted by atomic mass is 32.2. The maximum absolute atomic E-state index is 13.2. The molecule has 1 amide bonds. The van der Waals surface area contributed by atoms with E-state index in [0.29, 0.717) is 29.3 Å². The summed E-state index contributed by atoms with van der Waals surface area (Å²) in [5, 5.41) is 9.46. The molecule has 32 heavy (non-hydrogen) atoms. The minimum absolute atomic E-state index is 0.0555. The van der Waals surface area contributed by atoms with Crippen LogP contribution in [0.1, 0.15) is 30.3 Å². The van der Waals surface area contributed by atoms with Gasteiger partial charge in [-0.2, -0.15) is 0 Å². The van der Waals surface area contributed by atoms with Gasteiger partial charge in [-0.25, -0.2) is 4.98 Å². The lowest BCUT2D eigenvalue weighted by Gasteiger charge is -2.22. The van der Waals surface area contributed by atoms with E-state index in [-0.39, 0.29) is 23.8 Å². The van der Waals surface area contributed by atoms with Crippen LogP contribution >= 0.6 is 11.8 Å². The van der Waals surface area contributed by atoms with E-state index in [1.807, 2.05) is 47.0 Å². The molecule has 0 atom stereocenters. The van der Waals surface area contributed by atoms with Gasteiger partial charge >= 0.3 is 0 Å². The van der Waals surface area contributed by atoms with Crippen molar-refractivity contribution in [1.29, 1.82) is 0 Å². The Morgan fingerprint density at radius 1 is 1.09 bits per heavy atom. The molecule has 0 radical (unpaired) electrons. The quantitative estimate of drug-likeness (QED) is 0.418. The summed E-state index contributed by atoms with van der Waals surface area (Å²) >= 11 is 1.39. The summed E-state index contributed by atoms with van der Waals surface area (Å²) in [6.07, 6.45) is 3.98. The first-order valence-electron chi connectivity index (χ1n) is 10.5. The number of carbonyl (C=O) groups is 1. The molecule has 8 nitrogen and oxygen atoms in total. The number of thioether (sulfide) groups is 1. The number of aromatic amines is 1. The molecule has 0 unspecified atom stereocenters. The summed E-state index contributed by atoms with van der Waals surface area (Å²) in [5.41, 5.74) is 1.42. The zero-order valence-electron chi connectivity index (χ0n) is 17.3. The Morgan fingerprint density at radius 2 is 1.88 bits per heavy atom. The van der Waals surface area contributed by atoms with E-state index in [1.165, 1.54) is 11.8 Å². The molecule has 0 bridgehead atoms. The Balaban J connectivity index is 1.36. The van der Waals surface area contributed by atoms with E-state index in [2.05, 4.69) is 20.2 Å². The molecule has 5 rings (SSSR count). The Kier molecular flexibility index (Phi) is 5.72. The maximum atomic E-state index is 13.2. The molecule has 1 saturated carbocycles. The van der Waals surface area contributed by atoms with Crippen molar-refractivity contribution in [2.75, 3.05) is 5.75 Å². The fourth-order valence-electron chi connectivity index (χ4n) is 3.58. The molecule has 0 saturated heterocycles. The Hall–Kier alpha value is -3.46. The molecule has 2 aromatic carbocycles. The normalized spacial score (nSPS) is 13.4. The maximum Gasteiger partial charge on any atom is 0.258 e. The fraction of sp³-hybridized carbons (Fsp3) is 0.261. The molecule has 2 aromatic heterocycles. The van der Waals surface area contributed by atoms with Crippen LogP contribution in [0, 0.1) is 0 Å². The lowest BCUT2D eigenvalue weighted by atomic mass is 10.2. The Labute approximate surface area is 188 Å². The summed E-state index contributed by atoms with van der Waals surface area (Å²) in [4.78, 5) is 34.8. The minimum Gasteiger partial charge on any atom is -0.330 e. The number of benzene rings is 2. The molecule has 9 heteroatoms. The SMILES string of the molecule is O=C(CSc1nncn1C1CC1)N(Cc1ccccc1)Cc1nc2ccccc2c(=O)[nH]1. The molecular formula is C23H22N6O2S. The smallest absolute Gasteiger partial charge is 0.258 e. The van der Waals surface area contributed by atoms with Crippen molar-refractivity contribution in [3.63, 3.8) is 0 Å². The van der Waals surface area contributed by atoms with E-state index in [1.54, 1.807) is 23.4 Å². The van der Waals surface area contributed by atoms with Gasteiger partial charge in [-0.05, 0) is 30.5 Å². The zero-order chi connectivity index (χ0) is 21.9. The first kappa shape index (κ1) is 20.4. The highest BCUT2D eigenvalue weighted by Crippen LogP contribution is 2.37. The van der Waals surface area contributed by atoms with E-state index in [4.69, 9.17) is 0 Å². The van der Waals surface area contributed by atoms with E-state index in [9.17, 15) is 9.59 Å². The van der Waals surface area contributed by atoms with E-state index < -0.39 is 0 Å². The summed E-state index contributed by atoms with van der Waals surface area (Å²) in [6.45, 7) is 0.635. The fourth-order valence-corrected chi connectivity index (χ4v) is 4.47. The van der Waals surface area contributed by atoms with Gasteiger partial charge in [0.05, 0.1) is 23.2 Å². The molecule has 0 spiro atoms. The van der Waals surface area contributed by atoms with Gasteiger partial charge in [-0.1, -0.05) is 54.2 Å². The first-order chi connectivity index (χ1) is 15.7. The molecule has 1 fully saturated rings. The average Bonchev–Trinajstić information content (AvgIpc) is 3.55. The van der Waals surface area contributed by atoms with Crippen LogP contribution in [0.3, 0.4) is 0 Å². The van der Waals surface area contributed by atoms with Gasteiger partial charge < -0.3 is 14.5 Å². The van der Waals surface area contributed by atoms with Gasteiger partial charge in [0, 0.05) is 12.6 Å². The predicted octanol–water partition coefficient (Wildman–Crippen LogP) is 3.17. The number of nitrogens with one attached hydrogen (secondary N) is 1. The van der Waals surface area contributed by atoms with E-state index >= 15 is 0 Å². The zero-order valence-corrected chi connectivity index (χ0v) is 18.2. The molecule has 0 aliphatic heterocycles. The van der Waals surface area contributed by atoms with Crippen LogP contribution in [-0.2, 0) is 17.9 Å². The number of H-pyrrole nitrogens is 1. The standard InChI is InChI=1S/C23H22N6O2S/c30-21(14-32-23-27-24-15-29(23)17-10-11-17)28(12-16-6-2-1-3-7-16)13-20-25-19-9-5-4-8-18(19)22(31)26-20/h1-9,15,17H,10-14H2,(H,25,26,31). The van der Waals surface area contributed by atoms with Crippen LogP contribution in [-0.4, -0.2) is 41.3 Å². The van der Waals surface area contributed by atoms with Gasteiger partial charge in [-0.15, -0.1) is 10.2 Å². The van der Waals surface area contributed by atoms with Gasteiger partial charge in [0.25, 0.3) is 5.56 Å². The number of para-hydroxylation sites is 1. The first-order valence-corrected chi connectivity index (χ1v) is 11.5. The summed E-state index contributed by atoms with van der Waals surface area (Å²) in [7, 11) is 0. The summed E-state index contributed by atoms with van der Waals surface area (Å²) in [5.74, 6) is 0.639. The van der Waals surface area contributed by atoms with Crippen LogP contribution in [0.25, 0.3) is 10.9 Å². The summed E-state index contributed by atoms with van der Waals surface area (Å²) < 4.78 is 2.04. The van der Waals surface area contributed by atoms with Crippen molar-refractivity contribution < 1.29 is 4.79 Å². The molecular weight excluding hydrogens is 424 g/mol. The van der Waals surface area contributed by atoms with E-state index in [0.717, 1.165) is 23.6 Å². The average molecular weight is 447 g/mol. The van der Waals surface area contributed by atoms with Gasteiger partial charge in [0.2, 0.25) is 5.91 Å². The molecule has 2 heterocycles. The predicted molar refractivity (Wildman–Crippen MR) is 122 cm³/mol. The number of amides is 1. The second kappa shape index (κ2) is 8.96. The number of rotatable bonds is 8.